The van der Waals surface area contributed by atoms with Gasteiger partial charge in [-0.25, -0.2) is 14.4 Å². The molecule has 30 heavy (non-hydrogen) atoms. The summed E-state index contributed by atoms with van der Waals surface area (Å²) in [6, 6.07) is 9.06. The molecule has 0 aliphatic carbocycles. The number of ether oxygens (including phenoxy) is 1. The lowest BCUT2D eigenvalue weighted by Crippen LogP contribution is -2.44. The fraction of sp³-hybridized carbons (Fsp3) is 0.318. The summed E-state index contributed by atoms with van der Waals surface area (Å²) in [5.74, 6) is 0.966. The third kappa shape index (κ3) is 3.23. The van der Waals surface area contributed by atoms with Crippen molar-refractivity contribution >= 4 is 16.7 Å². The molecule has 1 aromatic carbocycles. The molecule has 1 aliphatic rings. The molecular formula is C22H23FN6O. The minimum absolute atomic E-state index is 0.183. The number of morpholine rings is 1. The molecule has 0 bridgehead atoms. The van der Waals surface area contributed by atoms with Crippen molar-refractivity contribution in [2.75, 3.05) is 24.7 Å². The van der Waals surface area contributed by atoms with E-state index in [1.165, 1.54) is 12.1 Å². The molecule has 1 aliphatic heterocycles. The maximum atomic E-state index is 14.4. The highest BCUT2D eigenvalue weighted by molar-refractivity contribution is 5.93. The Labute approximate surface area is 173 Å². The Kier molecular flexibility index (Phi) is 4.51. The predicted molar refractivity (Wildman–Crippen MR) is 114 cm³/mol. The molecule has 1 unspecified atom stereocenters. The Hall–Kier alpha value is -3.26. The third-order valence-electron chi connectivity index (χ3n) is 5.51. The van der Waals surface area contributed by atoms with Crippen molar-refractivity contribution in [1.29, 1.82) is 0 Å². The molecule has 4 aromatic rings. The van der Waals surface area contributed by atoms with E-state index in [1.807, 2.05) is 36.9 Å². The van der Waals surface area contributed by atoms with Gasteiger partial charge >= 0.3 is 0 Å². The summed E-state index contributed by atoms with van der Waals surface area (Å²) in [7, 11) is 1.90. The van der Waals surface area contributed by atoms with Gasteiger partial charge in [-0.15, -0.1) is 0 Å². The molecular weight excluding hydrogens is 383 g/mol. The lowest BCUT2D eigenvalue weighted by atomic mass is 10.1. The second-order valence-corrected chi connectivity index (χ2v) is 7.74. The first-order valence-electron chi connectivity index (χ1n) is 10.0. The molecule has 8 heteroatoms. The topological polar surface area (TPSA) is 71.9 Å². The minimum atomic E-state index is -0.327. The second-order valence-electron chi connectivity index (χ2n) is 7.74. The number of nitrogens with zero attached hydrogens (tertiary/aromatic N) is 5. The molecule has 5 rings (SSSR count). The van der Waals surface area contributed by atoms with E-state index in [0.717, 1.165) is 40.3 Å². The van der Waals surface area contributed by atoms with Gasteiger partial charge in [0.05, 0.1) is 36.3 Å². The first-order chi connectivity index (χ1) is 14.5. The van der Waals surface area contributed by atoms with Crippen molar-refractivity contribution in [2.45, 2.75) is 19.9 Å². The summed E-state index contributed by atoms with van der Waals surface area (Å²) < 4.78 is 21.8. The van der Waals surface area contributed by atoms with Crippen molar-refractivity contribution in [2.24, 2.45) is 7.05 Å². The van der Waals surface area contributed by atoms with Crippen LogP contribution in [0.5, 0.6) is 0 Å². The smallest absolute Gasteiger partial charge is 0.162 e. The van der Waals surface area contributed by atoms with Gasteiger partial charge < -0.3 is 14.6 Å². The normalized spacial score (nSPS) is 17.1. The van der Waals surface area contributed by atoms with Gasteiger partial charge in [-0.3, -0.25) is 4.68 Å². The number of rotatable bonds is 3. The SMILES string of the molecule is Cc1cc(-c2cc(N3CCOCC3C)nc(-c3cc(F)cc4[nH]ccc34)n2)n(C)n1. The number of anilines is 1. The molecule has 1 N–H and O–H groups in total. The average molecular weight is 406 g/mol. The van der Waals surface area contributed by atoms with Gasteiger partial charge in [0.25, 0.3) is 0 Å². The number of aromatic amines is 1. The van der Waals surface area contributed by atoms with Crippen LogP contribution in [0.3, 0.4) is 0 Å². The van der Waals surface area contributed by atoms with E-state index in [4.69, 9.17) is 14.7 Å². The highest BCUT2D eigenvalue weighted by Gasteiger charge is 2.23. The highest BCUT2D eigenvalue weighted by atomic mass is 19.1. The average Bonchev–Trinajstić information content (AvgIpc) is 3.32. The molecule has 0 amide bonds. The second kappa shape index (κ2) is 7.21. The molecule has 0 spiro atoms. The summed E-state index contributed by atoms with van der Waals surface area (Å²) in [5.41, 5.74) is 3.93. The Bertz CT molecular complexity index is 1230. The van der Waals surface area contributed by atoms with Crippen molar-refractivity contribution in [3.8, 4) is 22.8 Å². The van der Waals surface area contributed by atoms with Crippen LogP contribution < -0.4 is 4.90 Å². The van der Waals surface area contributed by atoms with E-state index in [2.05, 4.69) is 21.9 Å². The number of aryl methyl sites for hydroxylation is 2. The van der Waals surface area contributed by atoms with Crippen LogP contribution in [0.15, 0.2) is 36.5 Å². The van der Waals surface area contributed by atoms with Crippen molar-refractivity contribution in [1.82, 2.24) is 24.7 Å². The zero-order valence-electron chi connectivity index (χ0n) is 17.2. The number of hydrogen-bond donors (Lipinski definition) is 1. The maximum absolute atomic E-state index is 14.4. The zero-order chi connectivity index (χ0) is 20.8. The van der Waals surface area contributed by atoms with Crippen LogP contribution in [0.4, 0.5) is 10.2 Å². The summed E-state index contributed by atoms with van der Waals surface area (Å²) in [5, 5.41) is 5.35. The van der Waals surface area contributed by atoms with Crippen LogP contribution in [-0.2, 0) is 11.8 Å². The first kappa shape index (κ1) is 18.7. The monoisotopic (exact) mass is 406 g/mol. The van der Waals surface area contributed by atoms with Gasteiger partial charge in [0.1, 0.15) is 11.6 Å². The van der Waals surface area contributed by atoms with E-state index < -0.39 is 0 Å². The third-order valence-corrected chi connectivity index (χ3v) is 5.51. The van der Waals surface area contributed by atoms with E-state index in [9.17, 15) is 4.39 Å². The lowest BCUT2D eigenvalue weighted by molar-refractivity contribution is 0.0985. The minimum Gasteiger partial charge on any atom is -0.377 e. The van der Waals surface area contributed by atoms with Gasteiger partial charge in [0, 0.05) is 42.3 Å². The van der Waals surface area contributed by atoms with Crippen LogP contribution in [-0.4, -0.2) is 50.5 Å². The Balaban J connectivity index is 1.74. The largest absolute Gasteiger partial charge is 0.377 e. The fourth-order valence-corrected chi connectivity index (χ4v) is 4.07. The Morgan fingerprint density at radius 2 is 2.07 bits per heavy atom. The molecule has 0 radical (unpaired) electrons. The van der Waals surface area contributed by atoms with Gasteiger partial charge in [0.15, 0.2) is 5.82 Å². The number of aromatic nitrogens is 5. The van der Waals surface area contributed by atoms with Crippen LogP contribution >= 0.6 is 0 Å². The summed E-state index contributed by atoms with van der Waals surface area (Å²) in [6.45, 7) is 6.09. The number of fused-ring (bicyclic) bond motifs is 1. The van der Waals surface area contributed by atoms with Crippen LogP contribution in [0.2, 0.25) is 0 Å². The van der Waals surface area contributed by atoms with E-state index >= 15 is 0 Å². The van der Waals surface area contributed by atoms with E-state index in [1.54, 1.807) is 6.20 Å². The standard InChI is InChI=1S/C22H23FN6O/c1-13-8-20(28(3)27-13)19-11-21(29-6-7-30-12-14(29)2)26-22(25-19)17-9-15(23)10-18-16(17)4-5-24-18/h4-5,8-11,14,24H,6-7,12H2,1-3H3. The number of H-pyrrole nitrogens is 1. The first-order valence-corrected chi connectivity index (χ1v) is 10.0. The number of hydrogen-bond acceptors (Lipinski definition) is 5. The van der Waals surface area contributed by atoms with E-state index in [0.29, 0.717) is 24.6 Å². The number of halogens is 1. The molecule has 154 valence electrons. The molecule has 1 saturated heterocycles. The summed E-state index contributed by atoms with van der Waals surface area (Å²) in [6.07, 6.45) is 1.80. The molecule has 7 nitrogen and oxygen atoms in total. The number of benzene rings is 1. The van der Waals surface area contributed by atoms with E-state index in [-0.39, 0.29) is 11.9 Å². The molecule has 4 heterocycles. The summed E-state index contributed by atoms with van der Waals surface area (Å²) in [4.78, 5) is 15.0. The van der Waals surface area contributed by atoms with Crippen LogP contribution in [0.1, 0.15) is 12.6 Å². The van der Waals surface area contributed by atoms with Crippen LogP contribution in [0, 0.1) is 12.7 Å². The molecule has 0 saturated carbocycles. The van der Waals surface area contributed by atoms with Crippen molar-refractivity contribution in [3.05, 3.63) is 48.0 Å². The Morgan fingerprint density at radius 3 is 2.83 bits per heavy atom. The van der Waals surface area contributed by atoms with Gasteiger partial charge in [-0.1, -0.05) is 0 Å². The number of nitrogens with one attached hydrogen (secondary N) is 1. The molecule has 3 aromatic heterocycles. The van der Waals surface area contributed by atoms with Crippen molar-refractivity contribution in [3.63, 3.8) is 0 Å². The zero-order valence-corrected chi connectivity index (χ0v) is 17.2. The quantitative estimate of drug-likeness (QED) is 0.562. The maximum Gasteiger partial charge on any atom is 0.162 e. The highest BCUT2D eigenvalue weighted by Crippen LogP contribution is 2.32. The van der Waals surface area contributed by atoms with Crippen LogP contribution in [0.25, 0.3) is 33.7 Å². The summed E-state index contributed by atoms with van der Waals surface area (Å²) >= 11 is 0. The predicted octanol–water partition coefficient (Wildman–Crippen LogP) is 3.70. The Morgan fingerprint density at radius 1 is 1.20 bits per heavy atom. The molecule has 1 atom stereocenters. The van der Waals surface area contributed by atoms with Gasteiger partial charge in [0.2, 0.25) is 0 Å². The lowest BCUT2D eigenvalue weighted by Gasteiger charge is -2.34. The van der Waals surface area contributed by atoms with Gasteiger partial charge in [-0.05, 0) is 38.1 Å². The molecule has 1 fully saturated rings. The van der Waals surface area contributed by atoms with Gasteiger partial charge in [-0.2, -0.15) is 5.10 Å². The fourth-order valence-electron chi connectivity index (χ4n) is 4.07. The van der Waals surface area contributed by atoms with Crippen molar-refractivity contribution < 1.29 is 9.13 Å².